The van der Waals surface area contributed by atoms with Gasteiger partial charge in [-0.05, 0) is 50.9 Å². The number of ether oxygens (including phenoxy) is 1. The molecule has 19 heavy (non-hydrogen) atoms. The highest BCUT2D eigenvalue weighted by Gasteiger charge is 2.42. The van der Waals surface area contributed by atoms with Crippen LogP contribution in [0.2, 0.25) is 0 Å². The molecule has 0 aliphatic heterocycles. The summed E-state index contributed by atoms with van der Waals surface area (Å²) in [6.07, 6.45) is 5.18. The maximum atomic E-state index is 12.2. The molecule has 0 amide bonds. The first-order valence-corrected chi connectivity index (χ1v) is 7.57. The molecule has 3 heteroatoms. The molecule has 0 radical (unpaired) electrons. The van der Waals surface area contributed by atoms with Gasteiger partial charge in [0, 0.05) is 6.04 Å². The molecule has 2 unspecified atom stereocenters. The fourth-order valence-corrected chi connectivity index (χ4v) is 3.36. The lowest BCUT2D eigenvalue weighted by Gasteiger charge is -2.34. The lowest BCUT2D eigenvalue weighted by molar-refractivity contribution is -0.149. The third-order valence-electron chi connectivity index (χ3n) is 4.44. The molecule has 1 saturated carbocycles. The highest BCUT2D eigenvalue weighted by molar-refractivity contribution is 5.80. The van der Waals surface area contributed by atoms with Gasteiger partial charge in [0.05, 0.1) is 7.11 Å². The molecule has 0 aromatic carbocycles. The van der Waals surface area contributed by atoms with Crippen molar-refractivity contribution in [2.45, 2.75) is 78.3 Å². The minimum atomic E-state index is -0.469. The molecule has 0 aromatic rings. The van der Waals surface area contributed by atoms with Gasteiger partial charge in [-0.1, -0.05) is 27.2 Å². The lowest BCUT2D eigenvalue weighted by Crippen LogP contribution is -2.55. The number of rotatable bonds is 3. The van der Waals surface area contributed by atoms with E-state index in [2.05, 4.69) is 39.9 Å². The molecule has 0 heterocycles. The Labute approximate surface area is 118 Å². The molecule has 1 rings (SSSR count). The summed E-state index contributed by atoms with van der Waals surface area (Å²) >= 11 is 0. The Hall–Kier alpha value is -0.570. The van der Waals surface area contributed by atoms with Crippen molar-refractivity contribution in [2.75, 3.05) is 7.11 Å². The fourth-order valence-electron chi connectivity index (χ4n) is 3.36. The van der Waals surface area contributed by atoms with Gasteiger partial charge in [-0.2, -0.15) is 0 Å². The number of esters is 1. The summed E-state index contributed by atoms with van der Waals surface area (Å²) in [6, 6.07) is 0.297. The number of methoxy groups -OCH3 is 1. The van der Waals surface area contributed by atoms with Crippen LogP contribution in [0.3, 0.4) is 0 Å². The van der Waals surface area contributed by atoms with Crippen molar-refractivity contribution >= 4 is 5.97 Å². The molecule has 2 atom stereocenters. The molecule has 1 N–H and O–H groups in total. The first-order valence-electron chi connectivity index (χ1n) is 7.57. The summed E-state index contributed by atoms with van der Waals surface area (Å²) in [4.78, 5) is 12.2. The Balaban J connectivity index is 2.86. The van der Waals surface area contributed by atoms with Crippen LogP contribution < -0.4 is 5.32 Å². The fraction of sp³-hybridized carbons (Fsp3) is 0.938. The van der Waals surface area contributed by atoms with E-state index in [9.17, 15) is 4.79 Å². The Kier molecular flexibility index (Phi) is 5.43. The quantitative estimate of drug-likeness (QED) is 0.629. The van der Waals surface area contributed by atoms with Gasteiger partial charge in [0.25, 0.3) is 0 Å². The second-order valence-corrected chi connectivity index (χ2v) is 7.37. The monoisotopic (exact) mass is 269 g/mol. The smallest absolute Gasteiger partial charge is 0.326 e. The van der Waals surface area contributed by atoms with Gasteiger partial charge in [-0.3, -0.25) is 10.1 Å². The predicted molar refractivity (Wildman–Crippen MR) is 79.0 cm³/mol. The summed E-state index contributed by atoms with van der Waals surface area (Å²) < 4.78 is 5.07. The molecule has 112 valence electrons. The maximum absolute atomic E-state index is 12.2. The summed E-state index contributed by atoms with van der Waals surface area (Å²) in [5, 5.41) is 3.48. The number of nitrogens with one attached hydrogen (secondary N) is 1. The Morgan fingerprint density at radius 1 is 1.26 bits per heavy atom. The zero-order valence-corrected chi connectivity index (χ0v) is 13.5. The predicted octanol–water partition coefficient (Wildman–Crippen LogP) is 3.52. The van der Waals surface area contributed by atoms with Crippen molar-refractivity contribution < 1.29 is 9.53 Å². The molecule has 3 nitrogen and oxygen atoms in total. The summed E-state index contributed by atoms with van der Waals surface area (Å²) in [7, 11) is 1.50. The number of carbonyl (C=O) groups is 1. The van der Waals surface area contributed by atoms with Crippen LogP contribution in [0.4, 0.5) is 0 Å². The summed E-state index contributed by atoms with van der Waals surface area (Å²) in [5.41, 5.74) is -0.146. The zero-order valence-electron chi connectivity index (χ0n) is 13.5. The molecule has 1 aliphatic carbocycles. The van der Waals surface area contributed by atoms with E-state index in [-0.39, 0.29) is 5.97 Å². The van der Waals surface area contributed by atoms with E-state index in [1.807, 2.05) is 0 Å². The first kappa shape index (κ1) is 16.5. The van der Waals surface area contributed by atoms with E-state index in [0.29, 0.717) is 17.4 Å². The number of carbonyl (C=O) groups excluding carboxylic acids is 1. The van der Waals surface area contributed by atoms with Crippen molar-refractivity contribution in [3.8, 4) is 0 Å². The standard InChI is InChI=1S/C16H31NO2/c1-12(2)17-16(14(18)19-6)10-7-8-13(9-11-16)15(3,4)5/h12-13,17H,7-11H2,1-6H3. The van der Waals surface area contributed by atoms with Gasteiger partial charge in [0.15, 0.2) is 0 Å². The third-order valence-corrected chi connectivity index (χ3v) is 4.44. The topological polar surface area (TPSA) is 38.3 Å². The van der Waals surface area contributed by atoms with Crippen molar-refractivity contribution in [2.24, 2.45) is 11.3 Å². The first-order chi connectivity index (χ1) is 8.71. The molecule has 1 aliphatic rings. The van der Waals surface area contributed by atoms with Crippen molar-refractivity contribution in [3.63, 3.8) is 0 Å². The van der Waals surface area contributed by atoms with E-state index in [1.54, 1.807) is 0 Å². The van der Waals surface area contributed by atoms with Crippen LogP contribution in [0.25, 0.3) is 0 Å². The molecule has 0 aromatic heterocycles. The highest BCUT2D eigenvalue weighted by atomic mass is 16.5. The maximum Gasteiger partial charge on any atom is 0.326 e. The van der Waals surface area contributed by atoms with E-state index in [1.165, 1.54) is 13.5 Å². The molecule has 1 fully saturated rings. The average Bonchev–Trinajstić information content (AvgIpc) is 2.50. The Morgan fingerprint density at radius 2 is 1.89 bits per heavy atom. The van der Waals surface area contributed by atoms with Crippen molar-refractivity contribution in [3.05, 3.63) is 0 Å². The highest BCUT2D eigenvalue weighted by Crippen LogP contribution is 2.40. The summed E-state index contributed by atoms with van der Waals surface area (Å²) in [5.74, 6) is 0.601. The summed E-state index contributed by atoms with van der Waals surface area (Å²) in [6.45, 7) is 11.1. The van der Waals surface area contributed by atoms with Crippen LogP contribution in [0.15, 0.2) is 0 Å². The molecule has 0 spiro atoms. The molecular formula is C16H31NO2. The third kappa shape index (κ3) is 4.20. The second-order valence-electron chi connectivity index (χ2n) is 7.37. The van der Waals surface area contributed by atoms with Crippen LogP contribution >= 0.6 is 0 Å². The SMILES string of the molecule is COC(=O)C1(NC(C)C)CCCC(C(C)(C)C)CC1. The van der Waals surface area contributed by atoms with Gasteiger partial charge < -0.3 is 4.74 Å². The zero-order chi connectivity index (χ0) is 14.7. The van der Waals surface area contributed by atoms with Crippen LogP contribution in [-0.2, 0) is 9.53 Å². The number of hydrogen-bond acceptors (Lipinski definition) is 3. The normalized spacial score (nSPS) is 29.1. The largest absolute Gasteiger partial charge is 0.468 e. The van der Waals surface area contributed by atoms with E-state index >= 15 is 0 Å². The van der Waals surface area contributed by atoms with Crippen LogP contribution in [0, 0.1) is 11.3 Å². The van der Waals surface area contributed by atoms with Gasteiger partial charge in [0.2, 0.25) is 0 Å². The average molecular weight is 269 g/mol. The van der Waals surface area contributed by atoms with Gasteiger partial charge in [-0.15, -0.1) is 0 Å². The van der Waals surface area contributed by atoms with E-state index in [4.69, 9.17) is 4.74 Å². The van der Waals surface area contributed by atoms with Crippen LogP contribution in [-0.4, -0.2) is 24.7 Å². The van der Waals surface area contributed by atoms with Crippen molar-refractivity contribution in [1.82, 2.24) is 5.32 Å². The van der Waals surface area contributed by atoms with Crippen LogP contribution in [0.1, 0.15) is 66.7 Å². The van der Waals surface area contributed by atoms with Gasteiger partial charge in [-0.25, -0.2) is 0 Å². The van der Waals surface area contributed by atoms with Crippen LogP contribution in [0.5, 0.6) is 0 Å². The molecule has 0 bridgehead atoms. The minimum absolute atomic E-state index is 0.0873. The van der Waals surface area contributed by atoms with Gasteiger partial charge >= 0.3 is 5.97 Å². The Morgan fingerprint density at radius 3 is 2.37 bits per heavy atom. The Bertz CT molecular complexity index is 306. The van der Waals surface area contributed by atoms with Gasteiger partial charge in [0.1, 0.15) is 5.54 Å². The molecule has 0 saturated heterocycles. The van der Waals surface area contributed by atoms with Crippen molar-refractivity contribution in [1.29, 1.82) is 0 Å². The number of hydrogen-bond donors (Lipinski definition) is 1. The lowest BCUT2D eigenvalue weighted by atomic mass is 9.76. The van der Waals surface area contributed by atoms with E-state index in [0.717, 1.165) is 25.7 Å². The minimum Gasteiger partial charge on any atom is -0.468 e. The second kappa shape index (κ2) is 6.25. The van der Waals surface area contributed by atoms with E-state index < -0.39 is 5.54 Å². The molecular weight excluding hydrogens is 238 g/mol.